The van der Waals surface area contributed by atoms with Crippen LogP contribution in [0.15, 0.2) is 9.59 Å². The minimum absolute atomic E-state index is 0.116. The lowest BCUT2D eigenvalue weighted by Crippen LogP contribution is -2.42. The lowest BCUT2D eigenvalue weighted by Gasteiger charge is -2.07. The van der Waals surface area contributed by atoms with Crippen LogP contribution in [0.4, 0.5) is 5.82 Å². The summed E-state index contributed by atoms with van der Waals surface area (Å²) in [5.41, 5.74) is 3.38. The molecule has 0 radical (unpaired) electrons. The van der Waals surface area contributed by atoms with Gasteiger partial charge in [0.15, 0.2) is 0 Å². The molecule has 82 valence electrons. The van der Waals surface area contributed by atoms with E-state index in [1.54, 1.807) is 0 Å². The maximum atomic E-state index is 11.4. The van der Waals surface area contributed by atoms with E-state index in [1.165, 1.54) is 21.0 Å². The van der Waals surface area contributed by atoms with Crippen LogP contribution in [0.25, 0.3) is 0 Å². The Hall–Kier alpha value is -2.12. The summed E-state index contributed by atoms with van der Waals surface area (Å²) in [4.78, 5) is 33.2. The normalized spacial score (nSPS) is 9.80. The molecule has 1 amide bonds. The van der Waals surface area contributed by atoms with E-state index < -0.39 is 11.2 Å². The second-order valence-corrected chi connectivity index (χ2v) is 2.93. The largest absolute Gasteiger partial charge is 0.346 e. The highest BCUT2D eigenvalue weighted by atomic mass is 16.2. The SMILES string of the molecule is CC(=O)NNc1nn(C)c(=O)n(C)c1=O. The maximum absolute atomic E-state index is 11.4. The van der Waals surface area contributed by atoms with Crippen molar-refractivity contribution in [3.63, 3.8) is 0 Å². The monoisotopic (exact) mass is 213 g/mol. The molecule has 0 unspecified atom stereocenters. The van der Waals surface area contributed by atoms with Crippen molar-refractivity contribution >= 4 is 11.7 Å². The standard InChI is InChI=1S/C7H11N5O3/c1-4(13)8-9-5-6(14)11(2)7(15)12(3)10-5/h1-3H3,(H,8,13)(H,9,10). The van der Waals surface area contributed by atoms with Gasteiger partial charge in [0.25, 0.3) is 0 Å². The lowest BCUT2D eigenvalue weighted by atomic mass is 10.7. The summed E-state index contributed by atoms with van der Waals surface area (Å²) in [6.45, 7) is 1.28. The molecule has 0 saturated carbocycles. The van der Waals surface area contributed by atoms with E-state index in [0.717, 1.165) is 9.25 Å². The molecule has 0 spiro atoms. The predicted octanol–water partition coefficient (Wildman–Crippen LogP) is -2.06. The summed E-state index contributed by atoms with van der Waals surface area (Å²) in [6, 6.07) is 0. The highest BCUT2D eigenvalue weighted by Crippen LogP contribution is 1.84. The van der Waals surface area contributed by atoms with Crippen molar-refractivity contribution in [3.8, 4) is 0 Å². The minimum Gasteiger partial charge on any atom is -0.276 e. The van der Waals surface area contributed by atoms with Gasteiger partial charge >= 0.3 is 11.2 Å². The molecule has 0 saturated heterocycles. The van der Waals surface area contributed by atoms with Gasteiger partial charge in [0, 0.05) is 21.0 Å². The molecular formula is C7H11N5O3. The number of rotatable bonds is 2. The van der Waals surface area contributed by atoms with Crippen LogP contribution in [-0.2, 0) is 18.9 Å². The van der Waals surface area contributed by atoms with Gasteiger partial charge < -0.3 is 0 Å². The molecule has 1 aromatic rings. The zero-order valence-corrected chi connectivity index (χ0v) is 8.57. The molecule has 0 atom stereocenters. The minimum atomic E-state index is -0.605. The molecule has 2 N–H and O–H groups in total. The molecule has 15 heavy (non-hydrogen) atoms. The number of hydrogen-bond acceptors (Lipinski definition) is 5. The molecular weight excluding hydrogens is 202 g/mol. The number of aryl methyl sites for hydroxylation is 1. The Morgan fingerprint density at radius 3 is 2.47 bits per heavy atom. The Labute approximate surface area is 84.5 Å². The first kappa shape index (κ1) is 11.0. The number of carbonyl (C=O) groups excluding carboxylic acids is 1. The second-order valence-electron chi connectivity index (χ2n) is 2.93. The van der Waals surface area contributed by atoms with Gasteiger partial charge in [0.05, 0.1) is 0 Å². The van der Waals surface area contributed by atoms with Crippen LogP contribution < -0.4 is 22.1 Å². The van der Waals surface area contributed by atoms with E-state index in [1.807, 2.05) is 0 Å². The van der Waals surface area contributed by atoms with Crippen LogP contribution in [0.1, 0.15) is 6.92 Å². The van der Waals surface area contributed by atoms with E-state index in [4.69, 9.17) is 0 Å². The summed E-state index contributed by atoms with van der Waals surface area (Å²) < 4.78 is 1.88. The van der Waals surface area contributed by atoms with Crippen molar-refractivity contribution in [3.05, 3.63) is 20.8 Å². The Kier molecular flexibility index (Phi) is 2.88. The maximum Gasteiger partial charge on any atom is 0.346 e. The molecule has 1 aromatic heterocycles. The lowest BCUT2D eigenvalue weighted by molar-refractivity contribution is -0.118. The summed E-state index contributed by atoms with van der Waals surface area (Å²) in [6.07, 6.45) is 0. The highest BCUT2D eigenvalue weighted by molar-refractivity contribution is 5.74. The van der Waals surface area contributed by atoms with E-state index >= 15 is 0 Å². The molecule has 0 aliphatic carbocycles. The van der Waals surface area contributed by atoms with E-state index in [2.05, 4.69) is 16.0 Å². The molecule has 0 bridgehead atoms. The molecule has 0 fully saturated rings. The second kappa shape index (κ2) is 3.95. The highest BCUT2D eigenvalue weighted by Gasteiger charge is 2.07. The zero-order chi connectivity index (χ0) is 11.6. The van der Waals surface area contributed by atoms with Gasteiger partial charge in [-0.1, -0.05) is 0 Å². The molecule has 0 aliphatic rings. The van der Waals surface area contributed by atoms with Crippen molar-refractivity contribution in [2.45, 2.75) is 6.92 Å². The molecule has 0 aliphatic heterocycles. The van der Waals surface area contributed by atoms with Gasteiger partial charge in [-0.3, -0.25) is 25.0 Å². The van der Waals surface area contributed by atoms with E-state index in [9.17, 15) is 14.4 Å². The smallest absolute Gasteiger partial charge is 0.276 e. The number of nitrogens with one attached hydrogen (secondary N) is 2. The summed E-state index contributed by atoms with van der Waals surface area (Å²) in [7, 11) is 2.73. The number of anilines is 1. The first-order valence-corrected chi connectivity index (χ1v) is 4.10. The van der Waals surface area contributed by atoms with Crippen molar-refractivity contribution in [1.29, 1.82) is 0 Å². The Balaban J connectivity index is 3.16. The molecule has 0 aromatic carbocycles. The topological polar surface area (TPSA) is 98.0 Å². The molecule has 8 heteroatoms. The third kappa shape index (κ3) is 2.22. The molecule has 1 heterocycles. The van der Waals surface area contributed by atoms with Crippen LogP contribution in [0, 0.1) is 0 Å². The summed E-state index contributed by atoms with van der Waals surface area (Å²) in [5.74, 6) is -0.484. The third-order valence-corrected chi connectivity index (χ3v) is 1.68. The van der Waals surface area contributed by atoms with Gasteiger partial charge in [-0.05, 0) is 0 Å². The fourth-order valence-corrected chi connectivity index (χ4v) is 0.924. The van der Waals surface area contributed by atoms with Crippen molar-refractivity contribution in [2.24, 2.45) is 14.1 Å². The van der Waals surface area contributed by atoms with Gasteiger partial charge in [0.2, 0.25) is 11.7 Å². The fourth-order valence-electron chi connectivity index (χ4n) is 0.924. The average molecular weight is 213 g/mol. The molecule has 8 nitrogen and oxygen atoms in total. The summed E-state index contributed by atoms with van der Waals surface area (Å²) >= 11 is 0. The third-order valence-electron chi connectivity index (χ3n) is 1.68. The van der Waals surface area contributed by atoms with Crippen LogP contribution in [0.2, 0.25) is 0 Å². The van der Waals surface area contributed by atoms with Gasteiger partial charge in [0.1, 0.15) is 0 Å². The predicted molar refractivity (Wildman–Crippen MR) is 52.2 cm³/mol. The first-order chi connectivity index (χ1) is 6.93. The van der Waals surface area contributed by atoms with Crippen molar-refractivity contribution < 1.29 is 4.79 Å². The van der Waals surface area contributed by atoms with E-state index in [0.29, 0.717) is 0 Å². The van der Waals surface area contributed by atoms with Crippen LogP contribution in [-0.4, -0.2) is 20.3 Å². The fraction of sp³-hybridized carbons (Fsp3) is 0.429. The van der Waals surface area contributed by atoms with Crippen LogP contribution >= 0.6 is 0 Å². The van der Waals surface area contributed by atoms with Gasteiger partial charge in [-0.2, -0.15) is 0 Å². The van der Waals surface area contributed by atoms with Gasteiger partial charge in [-0.15, -0.1) is 5.10 Å². The average Bonchev–Trinajstić information content (AvgIpc) is 2.18. The first-order valence-electron chi connectivity index (χ1n) is 4.10. The number of aromatic nitrogens is 3. The Bertz CT molecular complexity index is 500. The van der Waals surface area contributed by atoms with Crippen LogP contribution in [0.3, 0.4) is 0 Å². The Morgan fingerprint density at radius 2 is 1.93 bits per heavy atom. The number of carbonyl (C=O) groups is 1. The van der Waals surface area contributed by atoms with Crippen molar-refractivity contribution in [1.82, 2.24) is 19.8 Å². The molecule has 1 rings (SSSR count). The number of nitrogens with zero attached hydrogens (tertiary/aromatic N) is 3. The van der Waals surface area contributed by atoms with Crippen molar-refractivity contribution in [2.75, 3.05) is 5.43 Å². The van der Waals surface area contributed by atoms with Gasteiger partial charge in [-0.25, -0.2) is 9.48 Å². The number of hydrogen-bond donors (Lipinski definition) is 2. The quantitative estimate of drug-likeness (QED) is 0.550. The zero-order valence-electron chi connectivity index (χ0n) is 8.57. The van der Waals surface area contributed by atoms with E-state index in [-0.39, 0.29) is 11.7 Å². The Morgan fingerprint density at radius 1 is 1.33 bits per heavy atom. The number of amides is 1. The summed E-state index contributed by atoms with van der Waals surface area (Å²) in [5, 5.41) is 3.65. The number of hydrazine groups is 1. The van der Waals surface area contributed by atoms with Crippen LogP contribution in [0.5, 0.6) is 0 Å².